The Kier molecular flexibility index (Phi) is 4.62. The van der Waals surface area contributed by atoms with Crippen LogP contribution in [0, 0.1) is 0 Å². The Bertz CT molecular complexity index is 1410. The van der Waals surface area contributed by atoms with Gasteiger partial charge in [0.2, 0.25) is 0 Å². The molecule has 4 nitrogen and oxygen atoms in total. The summed E-state index contributed by atoms with van der Waals surface area (Å²) in [5.74, 6) is 0. The number of halogens is 1. The van der Waals surface area contributed by atoms with Gasteiger partial charge in [0.15, 0.2) is 4.80 Å². The fourth-order valence-corrected chi connectivity index (χ4v) is 5.58. The van der Waals surface area contributed by atoms with E-state index in [4.69, 9.17) is 16.6 Å². The molecule has 0 amide bonds. The lowest BCUT2D eigenvalue weighted by atomic mass is 10.1. The van der Waals surface area contributed by atoms with Crippen LogP contribution in [-0.2, 0) is 7.05 Å². The summed E-state index contributed by atoms with van der Waals surface area (Å²) in [6.45, 7) is 0. The van der Waals surface area contributed by atoms with E-state index in [0.29, 0.717) is 13.7 Å². The number of hydrogen-bond donors (Lipinski definition) is 0. The summed E-state index contributed by atoms with van der Waals surface area (Å²) in [4.78, 5) is 19.8. The normalized spacial score (nSPS) is 16.4. The van der Waals surface area contributed by atoms with E-state index in [-0.39, 0.29) is 11.6 Å². The molecule has 144 valence electrons. The molecule has 29 heavy (non-hydrogen) atoms. The average molecular weight is 438 g/mol. The van der Waals surface area contributed by atoms with Gasteiger partial charge in [-0.05, 0) is 42.0 Å². The standard InChI is InChI=1S/C22H16ClN3OS2/c1-25-11-5-8-16(25)15-13-17(18-9-10-20(23)28-18)26-21(27)19(29-22(26)24-15)12-14-6-3-2-4-7-14/h2-13,17H,1H3. The number of rotatable bonds is 3. The Morgan fingerprint density at radius 2 is 1.90 bits per heavy atom. The van der Waals surface area contributed by atoms with E-state index in [1.165, 1.54) is 22.7 Å². The fraction of sp³-hybridized carbons (Fsp3) is 0.0909. The second kappa shape index (κ2) is 7.30. The zero-order chi connectivity index (χ0) is 20.0. The van der Waals surface area contributed by atoms with Gasteiger partial charge in [0, 0.05) is 18.1 Å². The predicted octanol–water partition coefficient (Wildman–Crippen LogP) is 4.06. The summed E-state index contributed by atoms with van der Waals surface area (Å²) in [6.07, 6.45) is 5.97. The van der Waals surface area contributed by atoms with Crippen molar-refractivity contribution in [1.82, 2.24) is 9.13 Å². The molecule has 3 aromatic heterocycles. The topological polar surface area (TPSA) is 39.3 Å². The molecule has 0 spiro atoms. The van der Waals surface area contributed by atoms with E-state index in [9.17, 15) is 4.79 Å². The van der Waals surface area contributed by atoms with Gasteiger partial charge in [-0.2, -0.15) is 0 Å². The van der Waals surface area contributed by atoms with Gasteiger partial charge in [-0.1, -0.05) is 53.3 Å². The zero-order valence-electron chi connectivity index (χ0n) is 15.4. The zero-order valence-corrected chi connectivity index (χ0v) is 17.8. The lowest BCUT2D eigenvalue weighted by Gasteiger charge is -2.18. The summed E-state index contributed by atoms with van der Waals surface area (Å²) in [5.41, 5.74) is 2.84. The van der Waals surface area contributed by atoms with E-state index in [0.717, 1.165) is 21.8 Å². The van der Waals surface area contributed by atoms with Crippen LogP contribution in [0.3, 0.4) is 0 Å². The molecule has 4 heterocycles. The van der Waals surface area contributed by atoms with Gasteiger partial charge >= 0.3 is 0 Å². The second-order valence-electron chi connectivity index (χ2n) is 6.73. The smallest absolute Gasteiger partial charge is 0.271 e. The van der Waals surface area contributed by atoms with Crippen LogP contribution < -0.4 is 14.9 Å². The van der Waals surface area contributed by atoms with Crippen molar-refractivity contribution in [1.29, 1.82) is 0 Å². The lowest BCUT2D eigenvalue weighted by Crippen LogP contribution is -2.36. The number of fused-ring (bicyclic) bond motifs is 1. The molecule has 4 aromatic rings. The van der Waals surface area contributed by atoms with Gasteiger partial charge in [0.25, 0.3) is 5.56 Å². The molecule has 1 atom stereocenters. The average Bonchev–Trinajstić information content (AvgIpc) is 3.42. The molecular formula is C22H16ClN3OS2. The molecule has 0 radical (unpaired) electrons. The van der Waals surface area contributed by atoms with Crippen LogP contribution in [-0.4, -0.2) is 9.13 Å². The minimum atomic E-state index is -0.230. The van der Waals surface area contributed by atoms with E-state index >= 15 is 0 Å². The first-order chi connectivity index (χ1) is 14.1. The van der Waals surface area contributed by atoms with Crippen molar-refractivity contribution in [3.8, 4) is 0 Å². The van der Waals surface area contributed by atoms with Gasteiger partial charge in [0.1, 0.15) is 0 Å². The SMILES string of the molecule is Cn1cccc1C1=CC(c2ccc(Cl)s2)n2c(sc(=Cc3ccccc3)c2=O)=N1. The first-order valence-electron chi connectivity index (χ1n) is 9.06. The number of benzene rings is 1. The molecule has 1 aliphatic heterocycles. The number of thiophene rings is 1. The van der Waals surface area contributed by atoms with Crippen LogP contribution in [0.25, 0.3) is 11.8 Å². The van der Waals surface area contributed by atoms with Gasteiger partial charge in [-0.15, -0.1) is 11.3 Å². The van der Waals surface area contributed by atoms with E-state index in [1.807, 2.05) is 84.6 Å². The molecule has 7 heteroatoms. The minimum absolute atomic E-state index is 0.0330. The number of thiazole rings is 1. The van der Waals surface area contributed by atoms with Crippen LogP contribution in [0.15, 0.2) is 76.7 Å². The third-order valence-corrected chi connectivity index (χ3v) is 7.12. The third-order valence-electron chi connectivity index (χ3n) is 4.84. The van der Waals surface area contributed by atoms with Crippen molar-refractivity contribution in [3.63, 3.8) is 0 Å². The van der Waals surface area contributed by atoms with E-state index in [1.54, 1.807) is 4.57 Å². The largest absolute Gasteiger partial charge is 0.349 e. The van der Waals surface area contributed by atoms with Gasteiger partial charge < -0.3 is 4.57 Å². The highest BCUT2D eigenvalue weighted by Gasteiger charge is 2.24. The van der Waals surface area contributed by atoms with Crippen LogP contribution >= 0.6 is 34.3 Å². The van der Waals surface area contributed by atoms with Crippen molar-refractivity contribution in [2.24, 2.45) is 12.0 Å². The fourth-order valence-electron chi connectivity index (χ4n) is 3.44. The van der Waals surface area contributed by atoms with Crippen molar-refractivity contribution >= 4 is 46.0 Å². The molecule has 0 saturated heterocycles. The summed E-state index contributed by atoms with van der Waals surface area (Å²) in [5, 5.41) is 0. The van der Waals surface area contributed by atoms with Crippen LogP contribution in [0.4, 0.5) is 0 Å². The molecular weight excluding hydrogens is 422 g/mol. The second-order valence-corrected chi connectivity index (χ2v) is 9.49. The minimum Gasteiger partial charge on any atom is -0.349 e. The Balaban J connectivity index is 1.75. The lowest BCUT2D eigenvalue weighted by molar-refractivity contribution is 0.652. The molecule has 0 bridgehead atoms. The van der Waals surface area contributed by atoms with Gasteiger partial charge in [-0.3, -0.25) is 9.36 Å². The van der Waals surface area contributed by atoms with Crippen molar-refractivity contribution < 1.29 is 0 Å². The molecule has 0 fully saturated rings. The number of aromatic nitrogens is 2. The molecule has 0 N–H and O–H groups in total. The Hall–Kier alpha value is -2.67. The number of allylic oxidation sites excluding steroid dienone is 1. The van der Waals surface area contributed by atoms with Crippen LogP contribution in [0.1, 0.15) is 22.2 Å². The summed E-state index contributed by atoms with van der Waals surface area (Å²) >= 11 is 9.11. The molecule has 5 rings (SSSR count). The number of aryl methyl sites for hydroxylation is 1. The Morgan fingerprint density at radius 3 is 2.59 bits per heavy atom. The monoisotopic (exact) mass is 437 g/mol. The maximum absolute atomic E-state index is 13.3. The first kappa shape index (κ1) is 18.4. The van der Waals surface area contributed by atoms with E-state index in [2.05, 4.69) is 0 Å². The summed E-state index contributed by atoms with van der Waals surface area (Å²) < 4.78 is 5.18. The highest BCUT2D eigenvalue weighted by Crippen LogP contribution is 2.32. The molecule has 1 unspecified atom stereocenters. The van der Waals surface area contributed by atoms with Crippen molar-refractivity contribution in [2.75, 3.05) is 0 Å². The van der Waals surface area contributed by atoms with Crippen LogP contribution in [0.5, 0.6) is 0 Å². The van der Waals surface area contributed by atoms with Crippen molar-refractivity contribution in [3.05, 3.63) is 107 Å². The molecule has 1 aliphatic rings. The highest BCUT2D eigenvalue weighted by molar-refractivity contribution is 7.16. The molecule has 0 saturated carbocycles. The summed E-state index contributed by atoms with van der Waals surface area (Å²) in [6, 6.07) is 17.5. The van der Waals surface area contributed by atoms with E-state index < -0.39 is 0 Å². The highest BCUT2D eigenvalue weighted by atomic mass is 35.5. The van der Waals surface area contributed by atoms with Crippen molar-refractivity contribution in [2.45, 2.75) is 6.04 Å². The maximum Gasteiger partial charge on any atom is 0.271 e. The first-order valence-corrected chi connectivity index (χ1v) is 11.1. The van der Waals surface area contributed by atoms with Gasteiger partial charge in [-0.25, -0.2) is 4.99 Å². The number of hydrogen-bond acceptors (Lipinski definition) is 4. The van der Waals surface area contributed by atoms with Gasteiger partial charge in [0.05, 0.1) is 26.3 Å². The summed E-state index contributed by atoms with van der Waals surface area (Å²) in [7, 11) is 1.99. The Morgan fingerprint density at radius 1 is 1.07 bits per heavy atom. The van der Waals surface area contributed by atoms with Crippen LogP contribution in [0.2, 0.25) is 4.34 Å². The quantitative estimate of drug-likeness (QED) is 0.476. The number of nitrogens with zero attached hydrogens (tertiary/aromatic N) is 3. The Labute approximate surface area is 180 Å². The third kappa shape index (κ3) is 3.33. The maximum atomic E-state index is 13.3. The molecule has 1 aromatic carbocycles. The molecule has 0 aliphatic carbocycles. The predicted molar refractivity (Wildman–Crippen MR) is 120 cm³/mol.